The Labute approximate surface area is 92.2 Å². The first-order chi connectivity index (χ1) is 7.29. The highest BCUT2D eigenvalue weighted by atomic mass is 32.1. The normalized spacial score (nSPS) is 10.5. The third kappa shape index (κ3) is 2.34. The fourth-order valence-electron chi connectivity index (χ4n) is 1.34. The van der Waals surface area contributed by atoms with Crippen LogP contribution in [0.25, 0.3) is 10.6 Å². The van der Waals surface area contributed by atoms with E-state index in [1.54, 1.807) is 23.5 Å². The van der Waals surface area contributed by atoms with Crippen molar-refractivity contribution in [2.45, 2.75) is 6.42 Å². The van der Waals surface area contributed by atoms with Gasteiger partial charge < -0.3 is 10.8 Å². The summed E-state index contributed by atoms with van der Waals surface area (Å²) in [7, 11) is 0. The lowest BCUT2D eigenvalue weighted by Crippen LogP contribution is -2.00. The average Bonchev–Trinajstić information content (AvgIpc) is 2.67. The van der Waals surface area contributed by atoms with Crippen molar-refractivity contribution >= 4 is 11.3 Å². The minimum absolute atomic E-state index is 0.267. The zero-order valence-corrected chi connectivity index (χ0v) is 9.00. The van der Waals surface area contributed by atoms with E-state index in [1.165, 1.54) is 4.88 Å². The Morgan fingerprint density at radius 2 is 2.27 bits per heavy atom. The van der Waals surface area contributed by atoms with E-state index < -0.39 is 0 Å². The van der Waals surface area contributed by atoms with E-state index in [0.29, 0.717) is 6.54 Å². The molecule has 0 aliphatic carbocycles. The van der Waals surface area contributed by atoms with Crippen molar-refractivity contribution in [1.82, 2.24) is 4.98 Å². The molecule has 0 bridgehead atoms. The van der Waals surface area contributed by atoms with Gasteiger partial charge in [-0.25, -0.2) is 4.98 Å². The van der Waals surface area contributed by atoms with Crippen LogP contribution >= 0.6 is 11.3 Å². The van der Waals surface area contributed by atoms with Gasteiger partial charge in [0.2, 0.25) is 0 Å². The van der Waals surface area contributed by atoms with Crippen molar-refractivity contribution in [3.8, 4) is 16.3 Å². The average molecular weight is 220 g/mol. The number of hydrogen-bond donors (Lipinski definition) is 2. The van der Waals surface area contributed by atoms with Crippen LogP contribution in [0.1, 0.15) is 4.88 Å². The Balaban J connectivity index is 2.29. The van der Waals surface area contributed by atoms with Crippen LogP contribution in [0.4, 0.5) is 0 Å². The largest absolute Gasteiger partial charge is 0.508 e. The number of rotatable bonds is 3. The van der Waals surface area contributed by atoms with Crippen molar-refractivity contribution in [2.75, 3.05) is 6.54 Å². The molecule has 1 heterocycles. The molecule has 0 fully saturated rings. The molecular weight excluding hydrogens is 208 g/mol. The summed E-state index contributed by atoms with van der Waals surface area (Å²) in [4.78, 5) is 5.47. The number of thiazole rings is 1. The molecule has 0 saturated heterocycles. The molecule has 0 radical (unpaired) electrons. The molecule has 0 spiro atoms. The van der Waals surface area contributed by atoms with Crippen molar-refractivity contribution in [2.24, 2.45) is 5.73 Å². The van der Waals surface area contributed by atoms with Gasteiger partial charge >= 0.3 is 0 Å². The van der Waals surface area contributed by atoms with Gasteiger partial charge in [0.1, 0.15) is 10.8 Å². The van der Waals surface area contributed by atoms with E-state index in [9.17, 15) is 5.11 Å². The Bertz CT molecular complexity index is 453. The number of phenolic OH excluding ortho intramolecular Hbond substituents is 1. The molecule has 0 aliphatic heterocycles. The highest BCUT2D eigenvalue weighted by molar-refractivity contribution is 7.15. The lowest BCUT2D eigenvalue weighted by molar-refractivity contribution is 0.475. The molecule has 0 aliphatic rings. The van der Waals surface area contributed by atoms with Crippen molar-refractivity contribution in [1.29, 1.82) is 0 Å². The van der Waals surface area contributed by atoms with Crippen LogP contribution in [-0.4, -0.2) is 16.6 Å². The van der Waals surface area contributed by atoms with Gasteiger partial charge in [0.05, 0.1) is 0 Å². The van der Waals surface area contributed by atoms with E-state index in [-0.39, 0.29) is 5.75 Å². The second kappa shape index (κ2) is 4.42. The zero-order valence-electron chi connectivity index (χ0n) is 8.18. The first-order valence-corrected chi connectivity index (χ1v) is 5.55. The summed E-state index contributed by atoms with van der Waals surface area (Å²) in [6.07, 6.45) is 2.70. The van der Waals surface area contributed by atoms with Gasteiger partial charge in [-0.05, 0) is 25.1 Å². The van der Waals surface area contributed by atoms with Crippen LogP contribution in [0.2, 0.25) is 0 Å². The second-order valence-electron chi connectivity index (χ2n) is 3.22. The summed E-state index contributed by atoms with van der Waals surface area (Å²) < 4.78 is 0. The predicted octanol–water partition coefficient (Wildman–Crippen LogP) is 2.02. The number of aromatic nitrogens is 1. The first-order valence-electron chi connectivity index (χ1n) is 4.74. The molecule has 78 valence electrons. The maximum Gasteiger partial charge on any atom is 0.123 e. The monoisotopic (exact) mass is 220 g/mol. The molecule has 2 rings (SSSR count). The third-order valence-electron chi connectivity index (χ3n) is 2.04. The standard InChI is InChI=1S/C11H12N2OS/c12-5-4-10-7-13-11(15-10)8-2-1-3-9(14)6-8/h1-3,6-7,14H,4-5,12H2. The maximum absolute atomic E-state index is 9.34. The molecule has 3 N–H and O–H groups in total. The van der Waals surface area contributed by atoms with Crippen LogP contribution in [-0.2, 0) is 6.42 Å². The summed E-state index contributed by atoms with van der Waals surface area (Å²) in [6.45, 7) is 0.641. The minimum atomic E-state index is 0.267. The summed E-state index contributed by atoms with van der Waals surface area (Å²) in [6, 6.07) is 7.11. The summed E-state index contributed by atoms with van der Waals surface area (Å²) in [5, 5.41) is 10.3. The number of phenols is 1. The molecule has 0 atom stereocenters. The summed E-state index contributed by atoms with van der Waals surface area (Å²) in [5.41, 5.74) is 6.42. The molecular formula is C11H12N2OS. The maximum atomic E-state index is 9.34. The van der Waals surface area contributed by atoms with Gasteiger partial charge in [0.15, 0.2) is 0 Å². The molecule has 0 amide bonds. The summed E-state index contributed by atoms with van der Waals surface area (Å²) >= 11 is 1.62. The highest BCUT2D eigenvalue weighted by Gasteiger charge is 2.04. The van der Waals surface area contributed by atoms with E-state index in [1.807, 2.05) is 18.3 Å². The third-order valence-corrected chi connectivity index (χ3v) is 3.14. The smallest absolute Gasteiger partial charge is 0.123 e. The molecule has 4 heteroatoms. The van der Waals surface area contributed by atoms with Crippen molar-refractivity contribution < 1.29 is 5.11 Å². The molecule has 15 heavy (non-hydrogen) atoms. The van der Waals surface area contributed by atoms with Crippen LogP contribution in [0.5, 0.6) is 5.75 Å². The minimum Gasteiger partial charge on any atom is -0.508 e. The number of nitrogens with two attached hydrogens (primary N) is 1. The van der Waals surface area contributed by atoms with E-state index in [2.05, 4.69) is 4.98 Å². The molecule has 0 unspecified atom stereocenters. The number of nitrogens with zero attached hydrogens (tertiary/aromatic N) is 1. The van der Waals surface area contributed by atoms with Crippen LogP contribution in [0, 0.1) is 0 Å². The van der Waals surface area contributed by atoms with Crippen molar-refractivity contribution in [3.05, 3.63) is 35.3 Å². The molecule has 1 aromatic heterocycles. The van der Waals surface area contributed by atoms with Crippen molar-refractivity contribution in [3.63, 3.8) is 0 Å². The van der Waals surface area contributed by atoms with Gasteiger partial charge in [-0.1, -0.05) is 12.1 Å². The zero-order chi connectivity index (χ0) is 10.7. The Kier molecular flexibility index (Phi) is 2.99. The van der Waals surface area contributed by atoms with Gasteiger partial charge in [-0.2, -0.15) is 0 Å². The van der Waals surface area contributed by atoms with Crippen LogP contribution in [0.3, 0.4) is 0 Å². The first kappa shape index (κ1) is 10.1. The van der Waals surface area contributed by atoms with Gasteiger partial charge in [-0.3, -0.25) is 0 Å². The van der Waals surface area contributed by atoms with Crippen LogP contribution < -0.4 is 5.73 Å². The van der Waals surface area contributed by atoms with Gasteiger partial charge in [0, 0.05) is 16.6 Å². The quantitative estimate of drug-likeness (QED) is 0.832. The van der Waals surface area contributed by atoms with E-state index in [0.717, 1.165) is 17.0 Å². The SMILES string of the molecule is NCCc1cnc(-c2cccc(O)c2)s1. The topological polar surface area (TPSA) is 59.1 Å². The Hall–Kier alpha value is -1.39. The highest BCUT2D eigenvalue weighted by Crippen LogP contribution is 2.27. The van der Waals surface area contributed by atoms with E-state index >= 15 is 0 Å². The molecule has 2 aromatic rings. The lowest BCUT2D eigenvalue weighted by Gasteiger charge is -1.96. The predicted molar refractivity (Wildman–Crippen MR) is 62.0 cm³/mol. The number of hydrogen-bond acceptors (Lipinski definition) is 4. The fourth-order valence-corrected chi connectivity index (χ4v) is 2.26. The molecule has 1 aromatic carbocycles. The van der Waals surface area contributed by atoms with E-state index in [4.69, 9.17) is 5.73 Å². The Morgan fingerprint density at radius 1 is 1.40 bits per heavy atom. The molecule has 3 nitrogen and oxygen atoms in total. The van der Waals surface area contributed by atoms with Gasteiger partial charge in [-0.15, -0.1) is 11.3 Å². The summed E-state index contributed by atoms with van der Waals surface area (Å²) in [5.74, 6) is 0.267. The molecule has 0 saturated carbocycles. The Morgan fingerprint density at radius 3 is 3.00 bits per heavy atom. The lowest BCUT2D eigenvalue weighted by atomic mass is 10.2. The number of benzene rings is 1. The van der Waals surface area contributed by atoms with Gasteiger partial charge in [0.25, 0.3) is 0 Å². The number of aromatic hydroxyl groups is 1. The fraction of sp³-hybridized carbons (Fsp3) is 0.182. The second-order valence-corrected chi connectivity index (χ2v) is 4.34. The van der Waals surface area contributed by atoms with Crippen LogP contribution in [0.15, 0.2) is 30.5 Å².